The van der Waals surface area contributed by atoms with E-state index >= 15 is 0 Å². The molecule has 0 unspecified atom stereocenters. The summed E-state index contributed by atoms with van der Waals surface area (Å²) in [6, 6.07) is 14.2. The van der Waals surface area contributed by atoms with Crippen molar-refractivity contribution in [1.82, 2.24) is 25.2 Å². The molecule has 0 spiro atoms. The van der Waals surface area contributed by atoms with E-state index in [9.17, 15) is 0 Å². The van der Waals surface area contributed by atoms with Crippen LogP contribution in [0.25, 0.3) is 11.3 Å². The van der Waals surface area contributed by atoms with Gasteiger partial charge in [0, 0.05) is 18.7 Å². The lowest BCUT2D eigenvalue weighted by Crippen LogP contribution is -2.27. The van der Waals surface area contributed by atoms with Crippen LogP contribution in [0.2, 0.25) is 0 Å². The van der Waals surface area contributed by atoms with Crippen LogP contribution in [-0.4, -0.2) is 52.4 Å². The van der Waals surface area contributed by atoms with Gasteiger partial charge in [-0.1, -0.05) is 30.3 Å². The third-order valence-corrected chi connectivity index (χ3v) is 4.30. The monoisotopic (exact) mass is 353 g/mol. The predicted octanol–water partition coefficient (Wildman–Crippen LogP) is 3.33. The van der Waals surface area contributed by atoms with Crippen LogP contribution in [0.5, 0.6) is 0 Å². The normalized spacial score (nSPS) is 11.6. The maximum Gasteiger partial charge on any atom is 0.118 e. The second kappa shape index (κ2) is 8.78. The zero-order chi connectivity index (χ0) is 18.4. The molecule has 3 rings (SSSR count). The molecule has 3 aromatic rings. The zero-order valence-electron chi connectivity index (χ0n) is 15.8. The highest BCUT2D eigenvalue weighted by Gasteiger charge is 2.16. The smallest absolute Gasteiger partial charge is 0.118 e. The highest BCUT2D eigenvalue weighted by atomic mass is 16.3. The minimum absolute atomic E-state index is 0.730. The summed E-state index contributed by atoms with van der Waals surface area (Å²) in [7, 11) is 4.21. The number of H-pyrrole nitrogens is 1. The number of hydrogen-bond donors (Lipinski definition) is 1. The molecule has 0 fully saturated rings. The van der Waals surface area contributed by atoms with E-state index in [1.165, 1.54) is 0 Å². The number of aromatic amines is 1. The highest BCUT2D eigenvalue weighted by molar-refractivity contribution is 5.60. The molecule has 138 valence electrons. The molecule has 0 atom stereocenters. The third-order valence-electron chi connectivity index (χ3n) is 4.30. The lowest BCUT2D eigenvalue weighted by molar-refractivity contribution is 0.219. The van der Waals surface area contributed by atoms with Crippen molar-refractivity contribution in [1.29, 1.82) is 0 Å². The second-order valence-corrected chi connectivity index (χ2v) is 6.86. The molecule has 0 saturated carbocycles. The minimum Gasteiger partial charge on any atom is -0.465 e. The molecule has 6 nitrogen and oxygen atoms in total. The molecule has 0 radical (unpaired) electrons. The topological polar surface area (TPSA) is 61.2 Å². The Labute approximate surface area is 154 Å². The van der Waals surface area contributed by atoms with Gasteiger partial charge in [0.05, 0.1) is 6.54 Å². The molecule has 2 heterocycles. The number of hydrogen-bond acceptors (Lipinski definition) is 5. The van der Waals surface area contributed by atoms with Crippen molar-refractivity contribution in [2.45, 2.75) is 26.4 Å². The van der Waals surface area contributed by atoms with Gasteiger partial charge in [-0.25, -0.2) is 0 Å². The van der Waals surface area contributed by atoms with Gasteiger partial charge in [0.25, 0.3) is 0 Å². The predicted molar refractivity (Wildman–Crippen MR) is 103 cm³/mol. The second-order valence-electron chi connectivity index (χ2n) is 6.86. The van der Waals surface area contributed by atoms with Crippen molar-refractivity contribution in [2.24, 2.45) is 0 Å². The fraction of sp³-hybridized carbons (Fsp3) is 0.400. The summed E-state index contributed by atoms with van der Waals surface area (Å²) in [4.78, 5) is 4.58. The highest BCUT2D eigenvalue weighted by Crippen LogP contribution is 2.21. The van der Waals surface area contributed by atoms with Crippen molar-refractivity contribution in [3.05, 3.63) is 59.7 Å². The lowest BCUT2D eigenvalue weighted by Gasteiger charge is -2.21. The van der Waals surface area contributed by atoms with Crippen LogP contribution in [0, 0.1) is 6.92 Å². The molecule has 0 aliphatic carbocycles. The first-order chi connectivity index (χ1) is 12.6. The number of nitrogens with zero attached hydrogens (tertiary/aromatic N) is 4. The molecule has 2 aromatic heterocycles. The number of furan rings is 1. The SMILES string of the molecule is Cc1ccc(CN(CCCN(C)C)Cc2n[nH]nc2-c2ccccc2)o1. The van der Waals surface area contributed by atoms with E-state index in [2.05, 4.69) is 57.5 Å². The van der Waals surface area contributed by atoms with E-state index in [1.54, 1.807) is 0 Å². The standard InChI is InChI=1S/C20H27N5O/c1-16-10-11-18(26-16)14-25(13-7-12-24(2)3)15-19-20(22-23-21-19)17-8-5-4-6-9-17/h4-6,8-11H,7,12-15H2,1-3H3,(H,21,22,23). The molecule has 1 aromatic carbocycles. The number of benzene rings is 1. The van der Waals surface area contributed by atoms with E-state index in [-0.39, 0.29) is 0 Å². The minimum atomic E-state index is 0.730. The summed E-state index contributed by atoms with van der Waals surface area (Å²) in [5.41, 5.74) is 2.96. The molecule has 6 heteroatoms. The number of nitrogens with one attached hydrogen (secondary N) is 1. The van der Waals surface area contributed by atoms with Gasteiger partial charge in [-0.05, 0) is 46.1 Å². The Kier molecular flexibility index (Phi) is 6.20. The Morgan fingerprint density at radius 3 is 2.46 bits per heavy atom. The van der Waals surface area contributed by atoms with E-state index in [0.717, 1.165) is 61.1 Å². The van der Waals surface area contributed by atoms with E-state index in [4.69, 9.17) is 4.42 Å². The number of rotatable bonds is 9. The first kappa shape index (κ1) is 18.4. The lowest BCUT2D eigenvalue weighted by atomic mass is 10.1. The van der Waals surface area contributed by atoms with Crippen LogP contribution in [0.3, 0.4) is 0 Å². The molecular weight excluding hydrogens is 326 g/mol. The summed E-state index contributed by atoms with van der Waals surface area (Å²) >= 11 is 0. The molecule has 0 bridgehead atoms. The summed E-state index contributed by atoms with van der Waals surface area (Å²) < 4.78 is 5.78. The van der Waals surface area contributed by atoms with Crippen LogP contribution in [0.4, 0.5) is 0 Å². The van der Waals surface area contributed by atoms with E-state index in [0.29, 0.717) is 0 Å². The Morgan fingerprint density at radius 2 is 1.77 bits per heavy atom. The summed E-state index contributed by atoms with van der Waals surface area (Å²) in [6.07, 6.45) is 1.09. The van der Waals surface area contributed by atoms with Crippen LogP contribution < -0.4 is 0 Å². The summed E-state index contributed by atoms with van der Waals surface area (Å²) in [6.45, 7) is 5.50. The van der Waals surface area contributed by atoms with Crippen LogP contribution in [0.15, 0.2) is 46.9 Å². The van der Waals surface area contributed by atoms with Crippen LogP contribution >= 0.6 is 0 Å². The average molecular weight is 353 g/mol. The van der Waals surface area contributed by atoms with Crippen molar-refractivity contribution < 1.29 is 4.42 Å². The maximum absolute atomic E-state index is 5.78. The maximum atomic E-state index is 5.78. The van der Waals surface area contributed by atoms with Gasteiger partial charge in [0.15, 0.2) is 0 Å². The average Bonchev–Trinajstić information content (AvgIpc) is 3.24. The number of aromatic nitrogens is 3. The van der Waals surface area contributed by atoms with E-state index < -0.39 is 0 Å². The van der Waals surface area contributed by atoms with Gasteiger partial charge in [0.1, 0.15) is 22.9 Å². The van der Waals surface area contributed by atoms with Crippen molar-refractivity contribution in [3.8, 4) is 11.3 Å². The molecular formula is C20H27N5O. The molecule has 26 heavy (non-hydrogen) atoms. The Morgan fingerprint density at radius 1 is 0.962 bits per heavy atom. The molecule has 0 amide bonds. The van der Waals surface area contributed by atoms with Crippen molar-refractivity contribution in [2.75, 3.05) is 27.2 Å². The Hall–Kier alpha value is -2.44. The van der Waals surface area contributed by atoms with Gasteiger partial charge in [-0.3, -0.25) is 4.90 Å². The first-order valence-electron chi connectivity index (χ1n) is 8.99. The van der Waals surface area contributed by atoms with Gasteiger partial charge in [-0.2, -0.15) is 15.4 Å². The summed E-state index contributed by atoms with van der Waals surface area (Å²) in [5.74, 6) is 1.93. The first-order valence-corrected chi connectivity index (χ1v) is 8.99. The number of aryl methyl sites for hydroxylation is 1. The molecule has 0 saturated heterocycles. The van der Waals surface area contributed by atoms with Gasteiger partial charge in [-0.15, -0.1) is 0 Å². The fourth-order valence-electron chi connectivity index (χ4n) is 3.02. The Bertz CT molecular complexity index is 793. The quantitative estimate of drug-likeness (QED) is 0.639. The Balaban J connectivity index is 1.73. The fourth-order valence-corrected chi connectivity index (χ4v) is 3.02. The zero-order valence-corrected chi connectivity index (χ0v) is 15.8. The van der Waals surface area contributed by atoms with Crippen LogP contribution in [0.1, 0.15) is 23.6 Å². The largest absolute Gasteiger partial charge is 0.465 e. The molecule has 1 N–H and O–H groups in total. The van der Waals surface area contributed by atoms with Crippen molar-refractivity contribution >= 4 is 0 Å². The molecule has 0 aliphatic heterocycles. The van der Waals surface area contributed by atoms with Crippen LogP contribution in [-0.2, 0) is 13.1 Å². The van der Waals surface area contributed by atoms with Gasteiger partial charge >= 0.3 is 0 Å². The third kappa shape index (κ3) is 5.03. The van der Waals surface area contributed by atoms with Crippen molar-refractivity contribution in [3.63, 3.8) is 0 Å². The molecule has 0 aliphatic rings. The van der Waals surface area contributed by atoms with Gasteiger partial charge < -0.3 is 9.32 Å². The van der Waals surface area contributed by atoms with E-state index in [1.807, 2.05) is 31.2 Å². The van der Waals surface area contributed by atoms with Gasteiger partial charge in [0.2, 0.25) is 0 Å². The summed E-state index contributed by atoms with van der Waals surface area (Å²) in [5, 5.41) is 11.6.